The fraction of sp³-hybridized carbons (Fsp3) is 0.333. The molecule has 1 aromatic heterocycles. The molecule has 0 aliphatic carbocycles. The van der Waals surface area contributed by atoms with Gasteiger partial charge in [0.1, 0.15) is 0 Å². The third-order valence-electron chi connectivity index (χ3n) is 0.932. The Morgan fingerprint density at radius 3 is 2.75 bits per heavy atom. The molecule has 1 heterocycles. The highest BCUT2D eigenvalue weighted by atomic mass is 31.0. The summed E-state index contributed by atoms with van der Waals surface area (Å²) >= 11 is 0. The van der Waals surface area contributed by atoms with Gasteiger partial charge >= 0.3 is 6.18 Å². The van der Waals surface area contributed by atoms with Gasteiger partial charge in [-0.1, -0.05) is 6.07 Å². The van der Waals surface area contributed by atoms with Crippen molar-refractivity contribution in [2.45, 2.75) is 6.18 Å². The van der Waals surface area contributed by atoms with Gasteiger partial charge in [-0.3, -0.25) is 0 Å². The molecule has 0 fully saturated rings. The zero-order valence-corrected chi connectivity index (χ0v) is 6.77. The van der Waals surface area contributed by atoms with Gasteiger partial charge in [0.15, 0.2) is 6.61 Å². The van der Waals surface area contributed by atoms with Crippen LogP contribution in [0.15, 0.2) is 17.9 Å². The SMILES string of the molecule is FC(F)(F)COc1cccpn1. The van der Waals surface area contributed by atoms with E-state index in [0.29, 0.717) is 8.35 Å². The standard InChI is InChI=1S/C6H5F3NOP/c7-6(8,9)4-11-5-2-1-3-12-10-5/h1-3H,4H2. The molecule has 0 aromatic carbocycles. The number of nitrogens with zero attached hydrogens (tertiary/aromatic N) is 1. The van der Waals surface area contributed by atoms with Crippen LogP contribution >= 0.6 is 8.35 Å². The quantitative estimate of drug-likeness (QED) is 0.723. The van der Waals surface area contributed by atoms with E-state index >= 15 is 0 Å². The van der Waals surface area contributed by atoms with Crippen LogP contribution in [0.1, 0.15) is 0 Å². The Bertz CT molecular complexity index is 238. The molecule has 6 heteroatoms. The first-order chi connectivity index (χ1) is 5.58. The zero-order valence-electron chi connectivity index (χ0n) is 5.88. The summed E-state index contributed by atoms with van der Waals surface area (Å²) in [6.45, 7) is -1.29. The second kappa shape index (κ2) is 3.72. The Labute approximate surface area is 68.5 Å². The van der Waals surface area contributed by atoms with Gasteiger partial charge in [0, 0.05) is 14.4 Å². The van der Waals surface area contributed by atoms with E-state index < -0.39 is 12.8 Å². The lowest BCUT2D eigenvalue weighted by Gasteiger charge is -2.06. The molecular formula is C6H5F3NOP. The van der Waals surface area contributed by atoms with E-state index in [1.807, 2.05) is 0 Å². The maximum Gasteiger partial charge on any atom is 0.422 e. The fourth-order valence-electron chi connectivity index (χ4n) is 0.520. The summed E-state index contributed by atoms with van der Waals surface area (Å²) in [6, 6.07) is 2.99. The molecule has 0 aliphatic heterocycles. The molecule has 2 nitrogen and oxygen atoms in total. The highest BCUT2D eigenvalue weighted by Gasteiger charge is 2.28. The van der Waals surface area contributed by atoms with E-state index in [0.717, 1.165) is 0 Å². The Morgan fingerprint density at radius 1 is 1.50 bits per heavy atom. The average molecular weight is 195 g/mol. The van der Waals surface area contributed by atoms with E-state index in [1.165, 1.54) is 6.07 Å². The molecule has 0 spiro atoms. The third-order valence-corrected chi connectivity index (χ3v) is 1.55. The van der Waals surface area contributed by atoms with Gasteiger partial charge in [-0.15, -0.1) is 0 Å². The third kappa shape index (κ3) is 3.53. The van der Waals surface area contributed by atoms with Gasteiger partial charge in [0.2, 0.25) is 5.88 Å². The predicted octanol–water partition coefficient (Wildman–Crippen LogP) is 2.60. The van der Waals surface area contributed by atoms with E-state index in [-0.39, 0.29) is 5.88 Å². The van der Waals surface area contributed by atoms with Crippen LogP contribution < -0.4 is 4.74 Å². The van der Waals surface area contributed by atoms with Gasteiger partial charge in [-0.25, -0.2) is 0 Å². The normalized spacial score (nSPS) is 11.9. The lowest BCUT2D eigenvalue weighted by atomic mass is 10.6. The molecule has 0 unspecified atom stereocenters. The number of halogens is 3. The van der Waals surface area contributed by atoms with E-state index in [9.17, 15) is 13.2 Å². The topological polar surface area (TPSA) is 22.1 Å². The maximum atomic E-state index is 11.6. The Kier molecular flexibility index (Phi) is 2.87. The number of rotatable bonds is 2. The maximum absolute atomic E-state index is 11.6. The monoisotopic (exact) mass is 195 g/mol. The fourth-order valence-corrected chi connectivity index (χ4v) is 0.988. The number of hydrogen-bond donors (Lipinski definition) is 0. The van der Waals surface area contributed by atoms with Crippen molar-refractivity contribution >= 4 is 8.35 Å². The molecule has 0 aliphatic rings. The minimum absolute atomic E-state index is 0.0245. The first-order valence-corrected chi connectivity index (χ1v) is 3.97. The van der Waals surface area contributed by atoms with Crippen molar-refractivity contribution < 1.29 is 17.9 Å². The zero-order chi connectivity index (χ0) is 9.03. The second-order valence-electron chi connectivity index (χ2n) is 1.97. The van der Waals surface area contributed by atoms with Crippen molar-refractivity contribution in [1.82, 2.24) is 4.75 Å². The molecule has 0 atom stereocenters. The number of ether oxygens (including phenoxy) is 1. The summed E-state index contributed by atoms with van der Waals surface area (Å²) < 4.78 is 42.8. The lowest BCUT2D eigenvalue weighted by molar-refractivity contribution is -0.154. The molecule has 66 valence electrons. The smallest absolute Gasteiger partial charge is 0.422 e. The van der Waals surface area contributed by atoms with Crippen LogP contribution in [0.5, 0.6) is 5.88 Å². The van der Waals surface area contributed by atoms with Crippen LogP contribution in [0.2, 0.25) is 0 Å². The van der Waals surface area contributed by atoms with Gasteiger partial charge in [0.05, 0.1) is 0 Å². The van der Waals surface area contributed by atoms with Crippen molar-refractivity contribution in [2.75, 3.05) is 6.61 Å². The van der Waals surface area contributed by atoms with Gasteiger partial charge in [0.25, 0.3) is 0 Å². The van der Waals surface area contributed by atoms with Crippen molar-refractivity contribution in [1.29, 1.82) is 0 Å². The van der Waals surface area contributed by atoms with Crippen LogP contribution in [0, 0.1) is 0 Å². The molecule has 0 saturated heterocycles. The summed E-state index contributed by atoms with van der Waals surface area (Å²) in [4.78, 5) is 0. The van der Waals surface area contributed by atoms with Crippen LogP contribution in [-0.4, -0.2) is 17.5 Å². The van der Waals surface area contributed by atoms with Crippen molar-refractivity contribution in [3.8, 4) is 5.88 Å². The lowest BCUT2D eigenvalue weighted by Crippen LogP contribution is -2.19. The average Bonchev–Trinajstić information content (AvgIpc) is 2.02. The molecule has 0 amide bonds. The van der Waals surface area contributed by atoms with Gasteiger partial charge < -0.3 is 4.74 Å². The second-order valence-corrected chi connectivity index (χ2v) is 2.69. The molecule has 0 radical (unpaired) electrons. The summed E-state index contributed by atoms with van der Waals surface area (Å²) in [6.07, 6.45) is -4.30. The summed E-state index contributed by atoms with van der Waals surface area (Å²) in [7, 11) is 0.598. The molecule has 12 heavy (non-hydrogen) atoms. The predicted molar refractivity (Wildman–Crippen MR) is 38.3 cm³/mol. The minimum Gasteiger partial charge on any atom is -0.468 e. The summed E-state index contributed by atoms with van der Waals surface area (Å²) in [5.74, 6) is 1.72. The van der Waals surface area contributed by atoms with Crippen LogP contribution in [0.25, 0.3) is 0 Å². The van der Waals surface area contributed by atoms with Crippen LogP contribution in [0.4, 0.5) is 13.2 Å². The highest BCUT2D eigenvalue weighted by molar-refractivity contribution is 7.24. The summed E-state index contributed by atoms with van der Waals surface area (Å²) in [5.41, 5.74) is 0. The van der Waals surface area contributed by atoms with Crippen molar-refractivity contribution in [2.24, 2.45) is 0 Å². The molecule has 1 rings (SSSR count). The Balaban J connectivity index is 2.44. The van der Waals surface area contributed by atoms with Gasteiger partial charge in [-0.2, -0.15) is 17.9 Å². The summed E-state index contributed by atoms with van der Waals surface area (Å²) in [5, 5.41) is 0. The number of aromatic nitrogens is 1. The highest BCUT2D eigenvalue weighted by Crippen LogP contribution is 2.17. The molecule has 0 bridgehead atoms. The minimum atomic E-state index is -4.30. The van der Waals surface area contributed by atoms with Crippen molar-refractivity contribution in [3.05, 3.63) is 17.9 Å². The molecule has 0 N–H and O–H groups in total. The van der Waals surface area contributed by atoms with E-state index in [1.54, 1.807) is 11.9 Å². The first kappa shape index (κ1) is 9.26. The van der Waals surface area contributed by atoms with Crippen LogP contribution in [-0.2, 0) is 0 Å². The Morgan fingerprint density at radius 2 is 2.25 bits per heavy atom. The molecular weight excluding hydrogens is 190 g/mol. The number of hydrogen-bond acceptors (Lipinski definition) is 2. The van der Waals surface area contributed by atoms with Crippen LogP contribution in [0.3, 0.4) is 0 Å². The number of alkyl halides is 3. The Hall–Kier alpha value is -0.830. The van der Waals surface area contributed by atoms with Gasteiger partial charge in [-0.05, 0) is 5.80 Å². The first-order valence-electron chi connectivity index (χ1n) is 3.05. The van der Waals surface area contributed by atoms with Crippen molar-refractivity contribution in [3.63, 3.8) is 0 Å². The van der Waals surface area contributed by atoms with E-state index in [4.69, 9.17) is 0 Å². The van der Waals surface area contributed by atoms with E-state index in [2.05, 4.69) is 9.48 Å². The molecule has 1 aromatic rings. The molecule has 0 saturated carbocycles. The largest absolute Gasteiger partial charge is 0.468 e.